The molecule has 3 aromatic rings. The second-order valence-corrected chi connectivity index (χ2v) is 8.29. The molecule has 3 N–H and O–H groups in total. The quantitative estimate of drug-likeness (QED) is 0.362. The Morgan fingerprint density at radius 3 is 2.42 bits per heavy atom. The van der Waals surface area contributed by atoms with Crippen molar-refractivity contribution in [1.82, 2.24) is 19.9 Å². The van der Waals surface area contributed by atoms with Gasteiger partial charge in [0, 0.05) is 57.0 Å². The van der Waals surface area contributed by atoms with Gasteiger partial charge in [0.05, 0.1) is 6.33 Å². The zero-order valence-corrected chi connectivity index (χ0v) is 20.9. The second kappa shape index (κ2) is 15.6. The van der Waals surface area contributed by atoms with E-state index in [2.05, 4.69) is 40.0 Å². The van der Waals surface area contributed by atoms with Crippen LogP contribution in [0.1, 0.15) is 43.2 Å². The molecule has 1 aromatic carbocycles. The van der Waals surface area contributed by atoms with Gasteiger partial charge in [-0.05, 0) is 31.7 Å². The van der Waals surface area contributed by atoms with Crippen LogP contribution in [0.25, 0.3) is 0 Å². The third kappa shape index (κ3) is 11.4. The van der Waals surface area contributed by atoms with Crippen LogP contribution in [0.15, 0.2) is 49.2 Å². The number of imidazole rings is 1. The van der Waals surface area contributed by atoms with Crippen LogP contribution in [0, 0.1) is 12.8 Å². The molecule has 0 atom stereocenters. The van der Waals surface area contributed by atoms with Crippen LogP contribution >= 0.6 is 0 Å². The summed E-state index contributed by atoms with van der Waals surface area (Å²) < 4.78 is 46.0. The Kier molecular flexibility index (Phi) is 12.5. The van der Waals surface area contributed by atoms with Gasteiger partial charge in [-0.2, -0.15) is 4.98 Å². The number of nitrogens with one attached hydrogen (secondary N) is 3. The number of alkyl halides is 3. The van der Waals surface area contributed by atoms with Gasteiger partial charge in [0.1, 0.15) is 11.6 Å². The minimum atomic E-state index is -4.73. The minimum Gasteiger partial charge on any atom is -0.405 e. The normalized spacial score (nSPS) is 13.5. The predicted octanol–water partition coefficient (Wildman–Crippen LogP) is 5.96. The van der Waals surface area contributed by atoms with Crippen molar-refractivity contribution in [2.75, 3.05) is 31.4 Å². The Morgan fingerprint density at radius 1 is 1.08 bits per heavy atom. The van der Waals surface area contributed by atoms with E-state index < -0.39 is 6.36 Å². The van der Waals surface area contributed by atoms with E-state index in [-0.39, 0.29) is 12.3 Å². The number of para-hydroxylation sites is 1. The Labute approximate surface area is 210 Å². The van der Waals surface area contributed by atoms with E-state index in [1.807, 2.05) is 6.92 Å². The molecule has 0 saturated heterocycles. The Bertz CT molecular complexity index is 963. The second-order valence-electron chi connectivity index (χ2n) is 8.29. The largest absolute Gasteiger partial charge is 0.573 e. The van der Waals surface area contributed by atoms with E-state index >= 15 is 0 Å². The summed E-state index contributed by atoms with van der Waals surface area (Å²) >= 11 is 0. The highest BCUT2D eigenvalue weighted by molar-refractivity contribution is 5.47. The van der Waals surface area contributed by atoms with E-state index in [9.17, 15) is 13.2 Å². The maximum atomic E-state index is 12.5. The van der Waals surface area contributed by atoms with Gasteiger partial charge in [0.2, 0.25) is 5.95 Å². The van der Waals surface area contributed by atoms with Crippen LogP contribution < -0.4 is 15.4 Å². The number of nitrogens with zero attached hydrogens (tertiary/aromatic N) is 3. The molecular weight excluding hydrogens is 473 g/mol. The molecule has 2 heterocycles. The highest BCUT2D eigenvalue weighted by atomic mass is 19.4. The maximum Gasteiger partial charge on any atom is 0.573 e. The standard InChI is InChI=1S/C20H25F3N4O.C3H4N2.C2H6O/c1-14-11-25-19(27-18(14)24-12-15-7-3-2-4-8-15)26-13-16-9-5-6-10-17(16)28-20(21,22)23;1-2-5-3-4-1;1-3-2/h5-6,9-11,15H,2-4,7-8,12-13H2,1H3,(H2,24,25,26,27);1-3H,(H,4,5);1-2H3. The molecule has 1 aliphatic carbocycles. The third-order valence-corrected chi connectivity index (χ3v) is 5.30. The number of anilines is 2. The molecule has 0 aliphatic heterocycles. The summed E-state index contributed by atoms with van der Waals surface area (Å²) in [5, 5.41) is 6.38. The molecule has 0 radical (unpaired) electrons. The van der Waals surface area contributed by atoms with Crippen LogP contribution in [0.3, 0.4) is 0 Å². The van der Waals surface area contributed by atoms with Crippen LogP contribution in [0.5, 0.6) is 5.75 Å². The number of methoxy groups -OCH3 is 1. The van der Waals surface area contributed by atoms with Crippen molar-refractivity contribution >= 4 is 11.8 Å². The van der Waals surface area contributed by atoms with Gasteiger partial charge in [-0.3, -0.25) is 0 Å². The molecule has 1 fully saturated rings. The molecule has 4 rings (SSSR count). The number of hydrogen-bond donors (Lipinski definition) is 3. The van der Waals surface area contributed by atoms with Gasteiger partial charge < -0.3 is 25.1 Å². The number of aromatic amines is 1. The van der Waals surface area contributed by atoms with Crippen molar-refractivity contribution < 1.29 is 22.6 Å². The lowest BCUT2D eigenvalue weighted by molar-refractivity contribution is -0.274. The summed E-state index contributed by atoms with van der Waals surface area (Å²) in [6.07, 6.45) is 8.40. The summed E-state index contributed by atoms with van der Waals surface area (Å²) in [4.78, 5) is 15.1. The number of aromatic nitrogens is 4. The molecule has 0 amide bonds. The van der Waals surface area contributed by atoms with Crippen LogP contribution in [0.4, 0.5) is 24.9 Å². The van der Waals surface area contributed by atoms with Gasteiger partial charge in [-0.25, -0.2) is 9.97 Å². The van der Waals surface area contributed by atoms with Gasteiger partial charge in [-0.1, -0.05) is 37.5 Å². The fourth-order valence-electron chi connectivity index (χ4n) is 3.60. The van der Waals surface area contributed by atoms with E-state index in [0.717, 1.165) is 17.9 Å². The molecule has 0 spiro atoms. The Morgan fingerprint density at radius 2 is 1.81 bits per heavy atom. The number of ether oxygens (including phenoxy) is 2. The predicted molar refractivity (Wildman–Crippen MR) is 134 cm³/mol. The molecule has 2 aromatic heterocycles. The number of aryl methyl sites for hydroxylation is 1. The van der Waals surface area contributed by atoms with Crippen molar-refractivity contribution in [2.45, 2.75) is 51.9 Å². The number of H-pyrrole nitrogens is 1. The van der Waals surface area contributed by atoms with Crippen molar-refractivity contribution in [3.63, 3.8) is 0 Å². The number of benzene rings is 1. The fraction of sp³-hybridized carbons (Fsp3) is 0.480. The Hall–Kier alpha value is -3.34. The van der Waals surface area contributed by atoms with Gasteiger partial charge in [-0.15, -0.1) is 13.2 Å². The molecule has 8 nitrogen and oxygen atoms in total. The number of halogens is 3. The van der Waals surface area contributed by atoms with Gasteiger partial charge in [0.25, 0.3) is 0 Å². The van der Waals surface area contributed by atoms with Crippen molar-refractivity contribution in [3.05, 3.63) is 60.3 Å². The van der Waals surface area contributed by atoms with Gasteiger partial charge >= 0.3 is 6.36 Å². The highest BCUT2D eigenvalue weighted by Gasteiger charge is 2.31. The molecule has 0 bridgehead atoms. The summed E-state index contributed by atoms with van der Waals surface area (Å²) in [7, 11) is 3.25. The average Bonchev–Trinajstić information content (AvgIpc) is 3.44. The summed E-state index contributed by atoms with van der Waals surface area (Å²) in [5.41, 5.74) is 1.31. The molecule has 1 aliphatic rings. The Balaban J connectivity index is 0.000000490. The molecule has 1 saturated carbocycles. The maximum absolute atomic E-state index is 12.5. The molecule has 36 heavy (non-hydrogen) atoms. The summed E-state index contributed by atoms with van der Waals surface area (Å²) in [6, 6.07) is 6.02. The molecule has 198 valence electrons. The number of rotatable bonds is 7. The summed E-state index contributed by atoms with van der Waals surface area (Å²) in [5.74, 6) is 1.54. The minimum absolute atomic E-state index is 0.122. The lowest BCUT2D eigenvalue weighted by Gasteiger charge is -2.22. The smallest absolute Gasteiger partial charge is 0.405 e. The first-order valence-corrected chi connectivity index (χ1v) is 11.8. The van der Waals surface area contributed by atoms with E-state index in [0.29, 0.717) is 17.4 Å². The SMILES string of the molecule is COC.Cc1cnc(NCc2ccccc2OC(F)(F)F)nc1NCC1CCCCC1.c1c[nH]cn1. The van der Waals surface area contributed by atoms with E-state index in [1.54, 1.807) is 51.3 Å². The molecule has 0 unspecified atom stereocenters. The first kappa shape index (κ1) is 28.9. The third-order valence-electron chi connectivity index (χ3n) is 5.30. The first-order chi connectivity index (χ1) is 17.3. The van der Waals surface area contributed by atoms with Crippen molar-refractivity contribution in [3.8, 4) is 5.75 Å². The molecule has 11 heteroatoms. The highest BCUT2D eigenvalue weighted by Crippen LogP contribution is 2.27. The lowest BCUT2D eigenvalue weighted by atomic mass is 9.89. The van der Waals surface area contributed by atoms with Gasteiger partial charge in [0.15, 0.2) is 0 Å². The summed E-state index contributed by atoms with van der Waals surface area (Å²) in [6.45, 7) is 2.93. The van der Waals surface area contributed by atoms with Crippen molar-refractivity contribution in [1.29, 1.82) is 0 Å². The topological polar surface area (TPSA) is 97.0 Å². The van der Waals surface area contributed by atoms with Crippen LogP contribution in [0.2, 0.25) is 0 Å². The average molecular weight is 509 g/mol. The van der Waals surface area contributed by atoms with E-state index in [1.165, 1.54) is 44.2 Å². The first-order valence-electron chi connectivity index (χ1n) is 11.8. The van der Waals surface area contributed by atoms with E-state index in [4.69, 9.17) is 0 Å². The fourth-order valence-corrected chi connectivity index (χ4v) is 3.60. The van der Waals surface area contributed by atoms with Crippen LogP contribution in [-0.4, -0.2) is 47.1 Å². The monoisotopic (exact) mass is 508 g/mol. The zero-order chi connectivity index (χ0) is 26.2. The molecular formula is C25H35F3N6O2. The number of hydrogen-bond acceptors (Lipinski definition) is 7. The van der Waals surface area contributed by atoms with Crippen LogP contribution in [-0.2, 0) is 11.3 Å². The lowest BCUT2D eigenvalue weighted by Crippen LogP contribution is -2.19. The zero-order valence-electron chi connectivity index (χ0n) is 20.9. The van der Waals surface area contributed by atoms with Crippen molar-refractivity contribution in [2.24, 2.45) is 5.92 Å².